The van der Waals surface area contributed by atoms with Gasteiger partial charge in [-0.1, -0.05) is 78.9 Å². The van der Waals surface area contributed by atoms with E-state index in [4.69, 9.17) is 28.4 Å². The molecule has 19 nitrogen and oxygen atoms in total. The molecule has 0 aliphatic carbocycles. The van der Waals surface area contributed by atoms with Crippen LogP contribution in [0.2, 0.25) is 0 Å². The van der Waals surface area contributed by atoms with Gasteiger partial charge in [-0.2, -0.15) is 9.97 Å². The minimum Gasteiger partial charge on any atom is -0.497 e. The van der Waals surface area contributed by atoms with E-state index >= 15 is 0 Å². The van der Waals surface area contributed by atoms with Crippen molar-refractivity contribution in [2.24, 2.45) is 0 Å². The number of carbonyl (C=O) groups excluding carboxylic acids is 1. The summed E-state index contributed by atoms with van der Waals surface area (Å²) in [5.74, 6) is 1.19. The van der Waals surface area contributed by atoms with Gasteiger partial charge in [0.25, 0.3) is 11.4 Å². The van der Waals surface area contributed by atoms with Gasteiger partial charge in [0.1, 0.15) is 29.4 Å². The van der Waals surface area contributed by atoms with Crippen molar-refractivity contribution in [1.29, 1.82) is 0 Å². The molecule has 1 saturated heterocycles. The first-order chi connectivity index (χ1) is 32.5. The average Bonchev–Trinajstić information content (AvgIpc) is 3.95. The maximum atomic E-state index is 13.1. The first kappa shape index (κ1) is 45.6. The van der Waals surface area contributed by atoms with E-state index in [9.17, 15) is 30.1 Å². The summed E-state index contributed by atoms with van der Waals surface area (Å²) in [5, 5.41) is 36.4. The highest BCUT2D eigenvalue weighted by Crippen LogP contribution is 2.43. The summed E-state index contributed by atoms with van der Waals surface area (Å²) >= 11 is 0. The molecule has 0 bridgehead atoms. The zero-order valence-electron chi connectivity index (χ0n) is 36.3. The fourth-order valence-electron chi connectivity index (χ4n) is 7.80. The lowest BCUT2D eigenvalue weighted by molar-refractivity contribution is -0.385. The van der Waals surface area contributed by atoms with Crippen molar-refractivity contribution in [1.82, 2.24) is 19.5 Å². The lowest BCUT2D eigenvalue weighted by Crippen LogP contribution is -2.38. The fourth-order valence-corrected chi connectivity index (χ4v) is 7.80. The van der Waals surface area contributed by atoms with Crippen molar-refractivity contribution < 1.29 is 48.2 Å². The second-order valence-electron chi connectivity index (χ2n) is 15.4. The Morgan fingerprint density at radius 1 is 0.776 bits per heavy atom. The molecule has 0 spiro atoms. The van der Waals surface area contributed by atoms with Crippen LogP contribution >= 0.6 is 0 Å². The number of imidazole rings is 1. The largest absolute Gasteiger partial charge is 0.497 e. The Kier molecular flexibility index (Phi) is 13.9. The molecule has 7 aromatic rings. The van der Waals surface area contributed by atoms with E-state index in [1.54, 1.807) is 43.1 Å². The van der Waals surface area contributed by atoms with Gasteiger partial charge in [-0.05, 0) is 52.1 Å². The molecule has 1 aliphatic rings. The van der Waals surface area contributed by atoms with Crippen LogP contribution in [0.1, 0.15) is 40.5 Å². The molecule has 19 heteroatoms. The van der Waals surface area contributed by atoms with Crippen LogP contribution in [0.3, 0.4) is 0 Å². The first-order valence-electron chi connectivity index (χ1n) is 21.1. The van der Waals surface area contributed by atoms with E-state index in [1.165, 1.54) is 30.6 Å². The van der Waals surface area contributed by atoms with E-state index in [1.807, 2.05) is 78.9 Å². The van der Waals surface area contributed by atoms with Crippen LogP contribution in [0.4, 0.5) is 22.1 Å². The van der Waals surface area contributed by atoms with Crippen LogP contribution in [0.5, 0.6) is 17.4 Å². The van der Waals surface area contributed by atoms with E-state index in [-0.39, 0.29) is 67.0 Å². The minimum atomic E-state index is -1.17. The number of nitro benzene ring substituents is 2. The molecule has 344 valence electrons. The number of aliphatic hydroxyl groups excluding tert-OH is 1. The standard InChI is InChI=1S/C48H45N7O12/c1-62-38-20-12-34(13-21-38)48(33-6-4-3-5-7-33,35-14-22-39(63-2)23-15-35)66-29-41-40(56)28-42(67-41)53-30-49-43-44(53)50-46(51-45(43)64-26-24-31-8-16-36(17-9-31)54(58)59)52-47(57)65-27-25-32-10-18-37(19-11-32)55(60)61/h3-23,30,40-42,56H,24-29H2,1-2H3,(H,50,51,52,57)/t40-,41+,42+/m0/s1. The van der Waals surface area contributed by atoms with Crippen LogP contribution in [-0.2, 0) is 32.7 Å². The Labute approximate surface area is 383 Å². The third-order valence-corrected chi connectivity index (χ3v) is 11.3. The Bertz CT molecular complexity index is 2760. The molecule has 8 rings (SSSR count). The third-order valence-electron chi connectivity index (χ3n) is 11.3. The topological polar surface area (TPSA) is 235 Å². The van der Waals surface area contributed by atoms with Crippen molar-refractivity contribution in [3.8, 4) is 17.4 Å². The maximum absolute atomic E-state index is 13.1. The Morgan fingerprint density at radius 3 is 1.88 bits per heavy atom. The number of nitro groups is 2. The van der Waals surface area contributed by atoms with Gasteiger partial charge >= 0.3 is 6.09 Å². The lowest BCUT2D eigenvalue weighted by atomic mass is 9.80. The number of ether oxygens (including phenoxy) is 6. The van der Waals surface area contributed by atoms with Crippen LogP contribution < -0.4 is 19.5 Å². The molecule has 1 aliphatic heterocycles. The summed E-state index contributed by atoms with van der Waals surface area (Å²) in [4.78, 5) is 47.9. The zero-order valence-corrected chi connectivity index (χ0v) is 36.3. The highest BCUT2D eigenvalue weighted by atomic mass is 16.6. The number of aliphatic hydroxyl groups is 1. The molecular weight excluding hydrogens is 867 g/mol. The highest BCUT2D eigenvalue weighted by molar-refractivity contribution is 5.85. The van der Waals surface area contributed by atoms with Crippen molar-refractivity contribution in [2.75, 3.05) is 39.4 Å². The number of hydrogen-bond acceptors (Lipinski definition) is 15. The van der Waals surface area contributed by atoms with Crippen LogP contribution in [0, 0.1) is 20.2 Å². The van der Waals surface area contributed by atoms with Crippen LogP contribution in [-0.4, -0.2) is 86.8 Å². The van der Waals surface area contributed by atoms with E-state index in [0.29, 0.717) is 17.9 Å². The van der Waals surface area contributed by atoms with Crippen molar-refractivity contribution in [2.45, 2.75) is 43.3 Å². The van der Waals surface area contributed by atoms with Gasteiger partial charge in [-0.25, -0.2) is 9.78 Å². The van der Waals surface area contributed by atoms with E-state index in [2.05, 4.69) is 20.3 Å². The number of rotatable bonds is 19. The second kappa shape index (κ2) is 20.4. The molecule has 67 heavy (non-hydrogen) atoms. The van der Waals surface area contributed by atoms with Gasteiger partial charge < -0.3 is 33.5 Å². The summed E-state index contributed by atoms with van der Waals surface area (Å²) in [6.07, 6.45) is -1.25. The van der Waals surface area contributed by atoms with Gasteiger partial charge in [-0.15, -0.1) is 0 Å². The summed E-state index contributed by atoms with van der Waals surface area (Å²) in [7, 11) is 3.20. The molecule has 2 aromatic heterocycles. The molecule has 0 saturated carbocycles. The van der Waals surface area contributed by atoms with Gasteiger partial charge in [-0.3, -0.25) is 30.1 Å². The highest BCUT2D eigenvalue weighted by Gasteiger charge is 2.42. The summed E-state index contributed by atoms with van der Waals surface area (Å²) in [5.41, 5.74) is 3.12. The molecule has 1 fully saturated rings. The number of anilines is 1. The smallest absolute Gasteiger partial charge is 0.414 e. The molecular formula is C48H45N7O12. The number of amides is 1. The summed E-state index contributed by atoms with van der Waals surface area (Å²) in [6, 6.07) is 36.9. The number of benzene rings is 5. The Balaban J connectivity index is 1.04. The number of nitrogens with zero attached hydrogens (tertiary/aromatic N) is 6. The third kappa shape index (κ3) is 10.3. The number of nitrogens with one attached hydrogen (secondary N) is 1. The summed E-state index contributed by atoms with van der Waals surface area (Å²) in [6.45, 7) is -0.0244. The quantitative estimate of drug-likeness (QED) is 0.0449. The Hall–Kier alpha value is -8.00. The molecule has 3 atom stereocenters. The predicted octanol–water partition coefficient (Wildman–Crippen LogP) is 7.73. The number of methoxy groups -OCH3 is 2. The molecule has 1 amide bonds. The number of non-ortho nitro benzene ring substituents is 2. The zero-order chi connectivity index (χ0) is 46.9. The van der Waals surface area contributed by atoms with Gasteiger partial charge in [0, 0.05) is 43.5 Å². The monoisotopic (exact) mass is 911 g/mol. The van der Waals surface area contributed by atoms with Gasteiger partial charge in [0.05, 0.1) is 56.3 Å². The van der Waals surface area contributed by atoms with Crippen molar-refractivity contribution >= 4 is 34.6 Å². The number of fused-ring (bicyclic) bond motifs is 1. The lowest BCUT2D eigenvalue weighted by Gasteiger charge is -2.37. The van der Waals surface area contributed by atoms with Crippen LogP contribution in [0.15, 0.2) is 134 Å². The van der Waals surface area contributed by atoms with E-state index < -0.39 is 40.0 Å². The van der Waals surface area contributed by atoms with Crippen molar-refractivity contribution in [3.05, 3.63) is 182 Å². The second-order valence-corrected chi connectivity index (χ2v) is 15.4. The molecule has 0 unspecified atom stereocenters. The van der Waals surface area contributed by atoms with Gasteiger partial charge in [0.15, 0.2) is 11.2 Å². The van der Waals surface area contributed by atoms with Gasteiger partial charge in [0.2, 0.25) is 11.8 Å². The predicted molar refractivity (Wildman–Crippen MR) is 242 cm³/mol. The molecule has 2 N–H and O–H groups in total. The minimum absolute atomic E-state index is 0.0249. The summed E-state index contributed by atoms with van der Waals surface area (Å²) < 4.78 is 37.7. The molecule has 0 radical (unpaired) electrons. The fraction of sp³-hybridized carbons (Fsp3) is 0.250. The number of aromatic nitrogens is 4. The maximum Gasteiger partial charge on any atom is 0.414 e. The van der Waals surface area contributed by atoms with E-state index in [0.717, 1.165) is 27.8 Å². The number of hydrogen-bond donors (Lipinski definition) is 2. The first-order valence-corrected chi connectivity index (χ1v) is 21.1. The SMILES string of the molecule is COc1ccc(C(OC[C@H]2O[C@@H](n3cnc4c(OCCc5ccc([N+](=O)[O-])cc5)nc(NC(=O)OCCc5ccc([N+](=O)[O-])cc5)nc43)C[C@@H]2O)(c2ccccc2)c2ccc(OC)cc2)cc1. The molecule has 3 heterocycles. The number of carbonyl (C=O) groups is 1. The van der Waals surface area contributed by atoms with Crippen molar-refractivity contribution in [3.63, 3.8) is 0 Å². The molecule has 5 aromatic carbocycles. The normalized spacial score (nSPS) is 15.8. The Morgan fingerprint density at radius 2 is 1.33 bits per heavy atom. The van der Waals surface area contributed by atoms with Crippen LogP contribution in [0.25, 0.3) is 11.2 Å². The average molecular weight is 912 g/mol.